The van der Waals surface area contributed by atoms with Crippen molar-refractivity contribution in [1.29, 1.82) is 0 Å². The van der Waals surface area contributed by atoms with E-state index in [0.29, 0.717) is 5.96 Å². The van der Waals surface area contributed by atoms with E-state index in [1.807, 2.05) is 13.8 Å². The SMILES string of the molecule is Cc1ccsc1CNC(=NCC(=O)N(C)C)NC(C)C. The lowest BCUT2D eigenvalue weighted by molar-refractivity contribution is -0.127. The first-order valence-electron chi connectivity index (χ1n) is 6.68. The van der Waals surface area contributed by atoms with Crippen LogP contribution in [-0.2, 0) is 11.3 Å². The summed E-state index contributed by atoms with van der Waals surface area (Å²) in [5.41, 5.74) is 1.27. The molecule has 6 heteroatoms. The van der Waals surface area contributed by atoms with Gasteiger partial charge in [-0.05, 0) is 37.8 Å². The van der Waals surface area contributed by atoms with E-state index < -0.39 is 0 Å². The number of amides is 1. The molecule has 0 saturated heterocycles. The maximum atomic E-state index is 11.6. The first kappa shape index (κ1) is 16.5. The van der Waals surface area contributed by atoms with Crippen molar-refractivity contribution in [2.45, 2.75) is 33.4 Å². The number of aryl methyl sites for hydroxylation is 1. The molecule has 1 heterocycles. The van der Waals surface area contributed by atoms with Gasteiger partial charge in [0, 0.05) is 25.0 Å². The van der Waals surface area contributed by atoms with Gasteiger partial charge in [-0.25, -0.2) is 4.99 Å². The van der Waals surface area contributed by atoms with Crippen molar-refractivity contribution in [1.82, 2.24) is 15.5 Å². The summed E-state index contributed by atoms with van der Waals surface area (Å²) >= 11 is 1.72. The first-order chi connectivity index (χ1) is 9.40. The largest absolute Gasteiger partial charge is 0.354 e. The first-order valence-corrected chi connectivity index (χ1v) is 7.56. The predicted octanol–water partition coefficient (Wildman–Crippen LogP) is 1.59. The molecule has 0 atom stereocenters. The molecule has 0 unspecified atom stereocenters. The Kier molecular flexibility index (Phi) is 6.51. The van der Waals surface area contributed by atoms with Crippen molar-refractivity contribution in [3.05, 3.63) is 21.9 Å². The topological polar surface area (TPSA) is 56.7 Å². The number of carbonyl (C=O) groups excluding carboxylic acids is 1. The fraction of sp³-hybridized carbons (Fsp3) is 0.571. The number of hydrogen-bond acceptors (Lipinski definition) is 3. The van der Waals surface area contributed by atoms with Crippen LogP contribution >= 0.6 is 11.3 Å². The molecular formula is C14H24N4OS. The van der Waals surface area contributed by atoms with E-state index in [1.165, 1.54) is 10.4 Å². The van der Waals surface area contributed by atoms with Gasteiger partial charge >= 0.3 is 0 Å². The van der Waals surface area contributed by atoms with E-state index in [1.54, 1.807) is 30.3 Å². The van der Waals surface area contributed by atoms with Gasteiger partial charge in [0.2, 0.25) is 5.91 Å². The molecule has 0 fully saturated rings. The Morgan fingerprint density at radius 2 is 2.15 bits per heavy atom. The predicted molar refractivity (Wildman–Crippen MR) is 85.2 cm³/mol. The van der Waals surface area contributed by atoms with Crippen LogP contribution < -0.4 is 10.6 Å². The van der Waals surface area contributed by atoms with E-state index in [0.717, 1.165) is 6.54 Å². The number of nitrogens with one attached hydrogen (secondary N) is 2. The molecule has 0 bridgehead atoms. The molecule has 112 valence electrons. The van der Waals surface area contributed by atoms with Crippen LogP contribution in [0.4, 0.5) is 0 Å². The zero-order chi connectivity index (χ0) is 15.1. The molecule has 0 aliphatic rings. The Labute approximate surface area is 125 Å². The number of guanidine groups is 1. The third-order valence-electron chi connectivity index (χ3n) is 2.68. The van der Waals surface area contributed by atoms with E-state index in [9.17, 15) is 4.79 Å². The molecule has 0 aromatic carbocycles. The number of nitrogens with zero attached hydrogens (tertiary/aromatic N) is 2. The number of aliphatic imine (C=N–C) groups is 1. The monoisotopic (exact) mass is 296 g/mol. The second kappa shape index (κ2) is 7.89. The number of thiophene rings is 1. The summed E-state index contributed by atoms with van der Waals surface area (Å²) in [6.45, 7) is 7.05. The molecule has 0 radical (unpaired) electrons. The van der Waals surface area contributed by atoms with Gasteiger partial charge in [0.25, 0.3) is 0 Å². The molecular weight excluding hydrogens is 272 g/mol. The maximum absolute atomic E-state index is 11.6. The van der Waals surface area contributed by atoms with Gasteiger partial charge in [-0.3, -0.25) is 4.79 Å². The summed E-state index contributed by atoms with van der Waals surface area (Å²) < 4.78 is 0. The Bertz CT molecular complexity index is 465. The second-order valence-corrected chi connectivity index (χ2v) is 6.13. The quantitative estimate of drug-likeness (QED) is 0.641. The molecule has 20 heavy (non-hydrogen) atoms. The number of hydrogen-bond donors (Lipinski definition) is 2. The van der Waals surface area contributed by atoms with Crippen LogP contribution in [0.25, 0.3) is 0 Å². The van der Waals surface area contributed by atoms with Crippen LogP contribution in [0.3, 0.4) is 0 Å². The van der Waals surface area contributed by atoms with Gasteiger partial charge in [0.15, 0.2) is 5.96 Å². The molecule has 0 saturated carbocycles. The van der Waals surface area contributed by atoms with Gasteiger partial charge in [-0.1, -0.05) is 0 Å². The lowest BCUT2D eigenvalue weighted by Gasteiger charge is -2.15. The molecule has 5 nitrogen and oxygen atoms in total. The van der Waals surface area contributed by atoms with Crippen molar-refractivity contribution in [3.8, 4) is 0 Å². The fourth-order valence-corrected chi connectivity index (χ4v) is 2.31. The van der Waals surface area contributed by atoms with Gasteiger partial charge in [-0.2, -0.15) is 0 Å². The van der Waals surface area contributed by atoms with Gasteiger partial charge in [0.1, 0.15) is 6.54 Å². The van der Waals surface area contributed by atoms with Crippen LogP contribution in [0, 0.1) is 6.92 Å². The highest BCUT2D eigenvalue weighted by molar-refractivity contribution is 7.10. The zero-order valence-corrected chi connectivity index (χ0v) is 13.7. The van der Waals surface area contributed by atoms with E-state index in [4.69, 9.17) is 0 Å². The summed E-state index contributed by atoms with van der Waals surface area (Å²) in [6.07, 6.45) is 0. The van der Waals surface area contributed by atoms with E-state index in [-0.39, 0.29) is 18.5 Å². The summed E-state index contributed by atoms with van der Waals surface area (Å²) in [4.78, 5) is 18.7. The van der Waals surface area contributed by atoms with Crippen molar-refractivity contribution in [3.63, 3.8) is 0 Å². The third kappa shape index (κ3) is 5.61. The van der Waals surface area contributed by atoms with Crippen LogP contribution in [0.15, 0.2) is 16.4 Å². The van der Waals surface area contributed by atoms with E-state index in [2.05, 4.69) is 34.0 Å². The summed E-state index contributed by atoms with van der Waals surface area (Å²) in [6, 6.07) is 2.37. The molecule has 0 aliphatic heterocycles. The van der Waals surface area contributed by atoms with Crippen molar-refractivity contribution in [2.24, 2.45) is 4.99 Å². The lowest BCUT2D eigenvalue weighted by Crippen LogP contribution is -2.41. The minimum absolute atomic E-state index is 0.0119. The van der Waals surface area contributed by atoms with Gasteiger partial charge in [-0.15, -0.1) is 11.3 Å². The Hall–Kier alpha value is -1.56. The molecule has 1 rings (SSSR count). The number of rotatable bonds is 5. The Morgan fingerprint density at radius 3 is 2.65 bits per heavy atom. The molecule has 2 N–H and O–H groups in total. The van der Waals surface area contributed by atoms with Crippen molar-refractivity contribution in [2.75, 3.05) is 20.6 Å². The lowest BCUT2D eigenvalue weighted by atomic mass is 10.3. The maximum Gasteiger partial charge on any atom is 0.243 e. The summed E-state index contributed by atoms with van der Waals surface area (Å²) in [5, 5.41) is 8.57. The zero-order valence-electron chi connectivity index (χ0n) is 12.9. The Morgan fingerprint density at radius 1 is 1.45 bits per heavy atom. The summed E-state index contributed by atoms with van der Waals surface area (Å²) in [7, 11) is 3.46. The van der Waals surface area contributed by atoms with Crippen LogP contribution in [0.2, 0.25) is 0 Å². The molecule has 1 aromatic heterocycles. The van der Waals surface area contributed by atoms with Crippen LogP contribution in [-0.4, -0.2) is 43.4 Å². The average Bonchev–Trinajstić information content (AvgIpc) is 2.77. The highest BCUT2D eigenvalue weighted by Crippen LogP contribution is 2.14. The van der Waals surface area contributed by atoms with Crippen LogP contribution in [0.1, 0.15) is 24.3 Å². The smallest absolute Gasteiger partial charge is 0.243 e. The molecule has 0 aliphatic carbocycles. The highest BCUT2D eigenvalue weighted by atomic mass is 32.1. The average molecular weight is 296 g/mol. The fourth-order valence-electron chi connectivity index (χ4n) is 1.46. The molecule has 0 spiro atoms. The third-order valence-corrected chi connectivity index (χ3v) is 3.70. The molecule has 1 aromatic rings. The summed E-state index contributed by atoms with van der Waals surface area (Å²) in [5.74, 6) is 0.658. The number of carbonyl (C=O) groups is 1. The van der Waals surface area contributed by atoms with E-state index >= 15 is 0 Å². The number of likely N-dealkylation sites (N-methyl/N-ethyl adjacent to an activating group) is 1. The van der Waals surface area contributed by atoms with Crippen molar-refractivity contribution < 1.29 is 4.79 Å². The Balaban J connectivity index is 2.62. The second-order valence-electron chi connectivity index (χ2n) is 5.13. The van der Waals surface area contributed by atoms with Gasteiger partial charge < -0.3 is 15.5 Å². The molecule has 1 amide bonds. The highest BCUT2D eigenvalue weighted by Gasteiger charge is 2.06. The van der Waals surface area contributed by atoms with Crippen LogP contribution in [0.5, 0.6) is 0 Å². The van der Waals surface area contributed by atoms with Crippen molar-refractivity contribution >= 4 is 23.2 Å². The minimum atomic E-state index is -0.0119. The minimum Gasteiger partial charge on any atom is -0.354 e. The standard InChI is InChI=1S/C14H24N4OS/c1-10(2)17-14(16-9-13(19)18(4)5)15-8-12-11(3)6-7-20-12/h6-7,10H,8-9H2,1-5H3,(H2,15,16,17). The van der Waals surface area contributed by atoms with Gasteiger partial charge in [0.05, 0.1) is 6.54 Å². The normalized spacial score (nSPS) is 11.6.